The highest BCUT2D eigenvalue weighted by molar-refractivity contribution is 5.98. The van der Waals surface area contributed by atoms with Crippen molar-refractivity contribution in [3.05, 3.63) is 35.9 Å². The molecular formula is C13H13FO4. The molecule has 0 aromatic heterocycles. The average molecular weight is 252 g/mol. The fourth-order valence-corrected chi connectivity index (χ4v) is 1.74. The summed E-state index contributed by atoms with van der Waals surface area (Å²) in [6, 6.07) is 8.07. The summed E-state index contributed by atoms with van der Waals surface area (Å²) in [6.07, 6.45) is -1.88. The molecule has 0 N–H and O–H groups in total. The highest BCUT2D eigenvalue weighted by Gasteiger charge is 2.34. The summed E-state index contributed by atoms with van der Waals surface area (Å²) in [7, 11) is 0. The fourth-order valence-electron chi connectivity index (χ4n) is 1.74. The molecule has 96 valence electrons. The van der Waals surface area contributed by atoms with Crippen LogP contribution in [0.5, 0.6) is 0 Å². The third-order valence-corrected chi connectivity index (χ3v) is 2.69. The van der Waals surface area contributed by atoms with Crippen LogP contribution in [0, 0.1) is 0 Å². The topological polar surface area (TPSA) is 52.6 Å². The molecule has 0 radical (unpaired) electrons. The van der Waals surface area contributed by atoms with Crippen LogP contribution in [0.2, 0.25) is 0 Å². The maximum Gasteiger partial charge on any atom is 0.346 e. The second-order valence-corrected chi connectivity index (χ2v) is 4.02. The molecule has 0 spiro atoms. The lowest BCUT2D eigenvalue weighted by Crippen LogP contribution is -2.40. The third-order valence-electron chi connectivity index (χ3n) is 2.69. The van der Waals surface area contributed by atoms with Crippen LogP contribution in [0.4, 0.5) is 4.39 Å². The van der Waals surface area contributed by atoms with Crippen molar-refractivity contribution in [3.63, 3.8) is 0 Å². The zero-order valence-corrected chi connectivity index (χ0v) is 9.67. The number of hydrogen-bond acceptors (Lipinski definition) is 4. The molecule has 2 unspecified atom stereocenters. The lowest BCUT2D eigenvalue weighted by molar-refractivity contribution is -0.159. The number of alkyl halides is 1. The minimum absolute atomic E-state index is 0.247. The summed E-state index contributed by atoms with van der Waals surface area (Å²) in [4.78, 5) is 23.2. The maximum atomic E-state index is 13.4. The van der Waals surface area contributed by atoms with E-state index in [0.29, 0.717) is 13.0 Å². The van der Waals surface area contributed by atoms with Crippen molar-refractivity contribution >= 4 is 11.9 Å². The van der Waals surface area contributed by atoms with Gasteiger partial charge in [0.05, 0.1) is 5.56 Å². The van der Waals surface area contributed by atoms with Gasteiger partial charge >= 0.3 is 11.9 Å². The molecule has 1 fully saturated rings. The molecule has 1 saturated heterocycles. The Hall–Kier alpha value is -1.75. The molecule has 1 aromatic rings. The standard InChI is InChI=1S/C13H13FO4/c14-10-7-4-8-17-11(10)13(16)18-12(15)9-5-2-1-3-6-9/h1-3,5-6,10-11H,4,7-8H2. The number of ether oxygens (including phenoxy) is 2. The van der Waals surface area contributed by atoms with Gasteiger partial charge in [-0.25, -0.2) is 14.0 Å². The summed E-state index contributed by atoms with van der Waals surface area (Å²) >= 11 is 0. The molecule has 2 atom stereocenters. The summed E-state index contributed by atoms with van der Waals surface area (Å²) < 4.78 is 23.0. The molecule has 1 aromatic carbocycles. The van der Waals surface area contributed by atoms with Gasteiger partial charge < -0.3 is 9.47 Å². The molecule has 4 nitrogen and oxygen atoms in total. The van der Waals surface area contributed by atoms with E-state index in [1.54, 1.807) is 18.2 Å². The Balaban J connectivity index is 1.97. The van der Waals surface area contributed by atoms with Gasteiger partial charge in [-0.15, -0.1) is 0 Å². The predicted molar refractivity (Wildman–Crippen MR) is 60.7 cm³/mol. The van der Waals surface area contributed by atoms with Crippen LogP contribution in [-0.2, 0) is 14.3 Å². The Morgan fingerprint density at radius 3 is 2.67 bits per heavy atom. The average Bonchev–Trinajstić information content (AvgIpc) is 2.40. The lowest BCUT2D eigenvalue weighted by atomic mass is 10.1. The van der Waals surface area contributed by atoms with Crippen LogP contribution >= 0.6 is 0 Å². The van der Waals surface area contributed by atoms with Crippen molar-refractivity contribution in [2.24, 2.45) is 0 Å². The van der Waals surface area contributed by atoms with E-state index in [9.17, 15) is 14.0 Å². The van der Waals surface area contributed by atoms with Gasteiger partial charge in [-0.05, 0) is 25.0 Å². The number of hydrogen-bond donors (Lipinski definition) is 0. The van der Waals surface area contributed by atoms with Crippen LogP contribution < -0.4 is 0 Å². The monoisotopic (exact) mass is 252 g/mol. The Labute approximate surface area is 104 Å². The molecule has 0 aliphatic carbocycles. The number of rotatable bonds is 2. The summed E-state index contributed by atoms with van der Waals surface area (Å²) in [5, 5.41) is 0. The highest BCUT2D eigenvalue weighted by Crippen LogP contribution is 2.18. The molecule has 0 bridgehead atoms. The van der Waals surface area contributed by atoms with E-state index < -0.39 is 24.2 Å². The number of halogens is 1. The third kappa shape index (κ3) is 2.92. The Kier molecular flexibility index (Phi) is 4.04. The molecule has 1 aliphatic heterocycles. The van der Waals surface area contributed by atoms with Crippen molar-refractivity contribution in [2.45, 2.75) is 25.1 Å². The molecule has 1 heterocycles. The molecule has 2 rings (SSSR count). The normalized spacial score (nSPS) is 23.4. The van der Waals surface area contributed by atoms with Gasteiger partial charge in [-0.3, -0.25) is 0 Å². The van der Waals surface area contributed by atoms with E-state index in [-0.39, 0.29) is 12.0 Å². The van der Waals surface area contributed by atoms with Crippen molar-refractivity contribution in [1.82, 2.24) is 0 Å². The van der Waals surface area contributed by atoms with E-state index in [4.69, 9.17) is 4.74 Å². The summed E-state index contributed by atoms with van der Waals surface area (Å²) in [5.74, 6) is -1.75. The van der Waals surface area contributed by atoms with E-state index in [1.807, 2.05) is 0 Å². The van der Waals surface area contributed by atoms with Gasteiger partial charge in [0.2, 0.25) is 0 Å². The zero-order chi connectivity index (χ0) is 13.0. The quantitative estimate of drug-likeness (QED) is 0.595. The van der Waals surface area contributed by atoms with Crippen molar-refractivity contribution < 1.29 is 23.5 Å². The zero-order valence-electron chi connectivity index (χ0n) is 9.67. The summed E-state index contributed by atoms with van der Waals surface area (Å²) in [5.41, 5.74) is 0.247. The molecule has 0 saturated carbocycles. The first-order chi connectivity index (χ1) is 8.68. The van der Waals surface area contributed by atoms with Gasteiger partial charge in [-0.2, -0.15) is 0 Å². The van der Waals surface area contributed by atoms with Crippen molar-refractivity contribution in [3.8, 4) is 0 Å². The van der Waals surface area contributed by atoms with E-state index in [0.717, 1.165) is 0 Å². The van der Waals surface area contributed by atoms with Gasteiger partial charge in [0.25, 0.3) is 0 Å². The molecule has 1 aliphatic rings. The number of carbonyl (C=O) groups excluding carboxylic acids is 2. The SMILES string of the molecule is O=C(OC(=O)C1OCCCC1F)c1ccccc1. The fraction of sp³-hybridized carbons (Fsp3) is 0.385. The van der Waals surface area contributed by atoms with E-state index in [2.05, 4.69) is 4.74 Å². The van der Waals surface area contributed by atoms with Crippen molar-refractivity contribution in [1.29, 1.82) is 0 Å². The Morgan fingerprint density at radius 2 is 2.00 bits per heavy atom. The number of benzene rings is 1. The highest BCUT2D eigenvalue weighted by atomic mass is 19.1. The minimum Gasteiger partial charge on any atom is -0.387 e. The number of esters is 2. The first-order valence-electron chi connectivity index (χ1n) is 5.75. The smallest absolute Gasteiger partial charge is 0.346 e. The Bertz CT molecular complexity index is 432. The van der Waals surface area contributed by atoms with Crippen LogP contribution in [0.1, 0.15) is 23.2 Å². The van der Waals surface area contributed by atoms with Crippen LogP contribution in [0.25, 0.3) is 0 Å². The van der Waals surface area contributed by atoms with Crippen LogP contribution in [-0.4, -0.2) is 30.8 Å². The predicted octanol–water partition coefficient (Wildman–Crippen LogP) is 1.89. The largest absolute Gasteiger partial charge is 0.387 e. The molecule has 0 amide bonds. The molecule has 18 heavy (non-hydrogen) atoms. The van der Waals surface area contributed by atoms with Crippen LogP contribution in [0.3, 0.4) is 0 Å². The molecular weight excluding hydrogens is 239 g/mol. The first-order valence-corrected chi connectivity index (χ1v) is 5.75. The van der Waals surface area contributed by atoms with Gasteiger partial charge in [0.15, 0.2) is 6.10 Å². The van der Waals surface area contributed by atoms with Gasteiger partial charge in [0.1, 0.15) is 6.17 Å². The molecule has 5 heteroatoms. The van der Waals surface area contributed by atoms with Crippen molar-refractivity contribution in [2.75, 3.05) is 6.61 Å². The van der Waals surface area contributed by atoms with E-state index in [1.165, 1.54) is 12.1 Å². The second-order valence-electron chi connectivity index (χ2n) is 4.02. The minimum atomic E-state index is -1.41. The van der Waals surface area contributed by atoms with E-state index >= 15 is 0 Å². The first kappa shape index (κ1) is 12.7. The van der Waals surface area contributed by atoms with Gasteiger partial charge in [-0.1, -0.05) is 18.2 Å². The maximum absolute atomic E-state index is 13.4. The number of carbonyl (C=O) groups is 2. The Morgan fingerprint density at radius 1 is 1.28 bits per heavy atom. The lowest BCUT2D eigenvalue weighted by Gasteiger charge is -2.24. The second kappa shape index (κ2) is 5.73. The summed E-state index contributed by atoms with van der Waals surface area (Å²) in [6.45, 7) is 0.305. The van der Waals surface area contributed by atoms with Gasteiger partial charge in [0, 0.05) is 6.61 Å². The van der Waals surface area contributed by atoms with Crippen LogP contribution in [0.15, 0.2) is 30.3 Å².